The van der Waals surface area contributed by atoms with Crippen molar-refractivity contribution in [3.63, 3.8) is 0 Å². The summed E-state index contributed by atoms with van der Waals surface area (Å²) in [5.41, 5.74) is 15.3. The molecule has 2 aliphatic rings. The van der Waals surface area contributed by atoms with E-state index < -0.39 is 5.41 Å². The lowest BCUT2D eigenvalue weighted by atomic mass is 9.65. The van der Waals surface area contributed by atoms with Crippen LogP contribution >= 0.6 is 11.3 Å². The second-order valence-corrected chi connectivity index (χ2v) is 17.1. The minimum atomic E-state index is -0.601. The average molecular weight is 795 g/mol. The van der Waals surface area contributed by atoms with Gasteiger partial charge >= 0.3 is 0 Å². The van der Waals surface area contributed by atoms with E-state index in [4.69, 9.17) is 14.7 Å². The summed E-state index contributed by atoms with van der Waals surface area (Å²) in [7, 11) is 0. The number of hydrogen-bond acceptors (Lipinski definition) is 4. The summed E-state index contributed by atoms with van der Waals surface area (Å²) in [5.74, 6) is 2.49. The summed E-state index contributed by atoms with van der Waals surface area (Å²) in [4.78, 5) is 10.8. The van der Waals surface area contributed by atoms with Crippen LogP contribution in [0, 0.1) is 0 Å². The Morgan fingerprint density at radius 1 is 0.393 bits per heavy atom. The minimum Gasteiger partial charge on any atom is -0.457 e. The van der Waals surface area contributed by atoms with Gasteiger partial charge in [0.25, 0.3) is 0 Å². The Balaban J connectivity index is 1.07. The molecule has 0 unspecified atom stereocenters. The minimum absolute atomic E-state index is 0.601. The Labute approximate surface area is 356 Å². The van der Waals surface area contributed by atoms with Crippen molar-refractivity contribution in [1.82, 2.24) is 9.97 Å². The molecule has 0 atom stereocenters. The van der Waals surface area contributed by atoms with Gasteiger partial charge in [0.1, 0.15) is 11.5 Å². The van der Waals surface area contributed by atoms with Gasteiger partial charge in [0.15, 0.2) is 5.82 Å². The molecule has 13 rings (SSSR count). The molecule has 284 valence electrons. The van der Waals surface area contributed by atoms with Crippen LogP contribution in [0.1, 0.15) is 22.3 Å². The van der Waals surface area contributed by atoms with Crippen LogP contribution in [0.25, 0.3) is 87.1 Å². The van der Waals surface area contributed by atoms with E-state index in [0.717, 1.165) is 72.0 Å². The molecule has 0 bridgehead atoms. The van der Waals surface area contributed by atoms with E-state index in [1.54, 1.807) is 11.3 Å². The predicted molar refractivity (Wildman–Crippen MR) is 252 cm³/mol. The fraction of sp³-hybridized carbons (Fsp3) is 0.0175. The highest BCUT2D eigenvalue weighted by Gasteiger charge is 2.51. The van der Waals surface area contributed by atoms with Crippen molar-refractivity contribution in [3.8, 4) is 67.5 Å². The van der Waals surface area contributed by atoms with E-state index in [1.165, 1.54) is 48.9 Å². The van der Waals surface area contributed by atoms with Gasteiger partial charge in [-0.05, 0) is 91.7 Å². The fourth-order valence-electron chi connectivity index (χ4n) is 10.0. The zero-order chi connectivity index (χ0) is 40.1. The lowest BCUT2D eigenvalue weighted by Crippen LogP contribution is -2.32. The van der Waals surface area contributed by atoms with E-state index in [1.807, 2.05) is 6.07 Å². The van der Waals surface area contributed by atoms with E-state index >= 15 is 0 Å². The van der Waals surface area contributed by atoms with Gasteiger partial charge in [-0.15, -0.1) is 11.3 Å². The highest BCUT2D eigenvalue weighted by atomic mass is 32.1. The quantitative estimate of drug-likeness (QED) is 0.178. The Bertz CT molecular complexity index is 3530. The Hall–Kier alpha value is -7.66. The molecule has 1 aliphatic heterocycles. The molecule has 3 heterocycles. The van der Waals surface area contributed by atoms with Crippen LogP contribution in [-0.4, -0.2) is 9.97 Å². The number of nitrogens with zero attached hydrogens (tertiary/aromatic N) is 2. The normalized spacial score (nSPS) is 13.2. The first kappa shape index (κ1) is 34.2. The molecule has 4 heteroatoms. The first-order valence-corrected chi connectivity index (χ1v) is 21.5. The Kier molecular flexibility index (Phi) is 7.39. The lowest BCUT2D eigenvalue weighted by Gasteiger charge is -2.39. The number of thiophene rings is 1. The van der Waals surface area contributed by atoms with Crippen LogP contribution in [-0.2, 0) is 5.41 Å². The molecule has 0 radical (unpaired) electrons. The second-order valence-electron chi connectivity index (χ2n) is 16.0. The number of para-hydroxylation sites is 2. The molecule has 0 N–H and O–H groups in total. The van der Waals surface area contributed by atoms with Crippen molar-refractivity contribution in [3.05, 3.63) is 229 Å². The summed E-state index contributed by atoms with van der Waals surface area (Å²) < 4.78 is 8.98. The molecule has 61 heavy (non-hydrogen) atoms. The smallest absolute Gasteiger partial charge is 0.160 e. The van der Waals surface area contributed by atoms with E-state index in [2.05, 4.69) is 200 Å². The summed E-state index contributed by atoms with van der Waals surface area (Å²) in [6.07, 6.45) is 0. The third-order valence-corrected chi connectivity index (χ3v) is 13.9. The molecule has 11 aromatic rings. The van der Waals surface area contributed by atoms with Crippen LogP contribution in [0.3, 0.4) is 0 Å². The number of benzene rings is 9. The van der Waals surface area contributed by atoms with Crippen LogP contribution in [0.4, 0.5) is 0 Å². The zero-order valence-electron chi connectivity index (χ0n) is 32.8. The summed E-state index contributed by atoms with van der Waals surface area (Å²) in [5, 5.41) is 3.59. The first-order valence-electron chi connectivity index (χ1n) is 20.7. The fourth-order valence-corrected chi connectivity index (χ4v) is 11.2. The van der Waals surface area contributed by atoms with Crippen LogP contribution in [0.15, 0.2) is 206 Å². The number of rotatable bonds is 4. The molecule has 9 aromatic carbocycles. The number of aromatic nitrogens is 2. The molecular weight excluding hydrogens is 761 g/mol. The van der Waals surface area contributed by atoms with E-state index in [0.29, 0.717) is 0 Å². The standard InChI is InChI=1S/C57H34N2OS/c1-3-15-35(16-4-1)39-27-30-44-52(34-39)61-55-53(58-56(59-54(44)55)36-17-5-2-6-18-36)43-22-10-9-21-41(43)40-28-29-42-45-31-37-19-7-8-20-38(37)32-49(45)57(48(42)33-40)46-23-11-13-25-50(46)60-51-26-14-12-24-47(51)57/h1-34H. The van der Waals surface area contributed by atoms with Gasteiger partial charge in [-0.3, -0.25) is 0 Å². The lowest BCUT2D eigenvalue weighted by molar-refractivity contribution is 0.436. The zero-order valence-corrected chi connectivity index (χ0v) is 33.7. The van der Waals surface area contributed by atoms with E-state index in [-0.39, 0.29) is 0 Å². The molecule has 1 aliphatic carbocycles. The van der Waals surface area contributed by atoms with Crippen molar-refractivity contribution in [1.29, 1.82) is 0 Å². The summed E-state index contributed by atoms with van der Waals surface area (Å²) in [6, 6.07) is 74.3. The van der Waals surface area contributed by atoms with Crippen LogP contribution in [0.2, 0.25) is 0 Å². The largest absolute Gasteiger partial charge is 0.457 e. The third-order valence-electron chi connectivity index (χ3n) is 12.8. The Morgan fingerprint density at radius 3 is 1.75 bits per heavy atom. The average Bonchev–Trinajstić information content (AvgIpc) is 3.83. The van der Waals surface area contributed by atoms with E-state index in [9.17, 15) is 0 Å². The van der Waals surface area contributed by atoms with Crippen molar-refractivity contribution in [2.24, 2.45) is 0 Å². The predicted octanol–water partition coefficient (Wildman–Crippen LogP) is 15.1. The monoisotopic (exact) mass is 794 g/mol. The molecule has 0 saturated heterocycles. The SMILES string of the molecule is c1ccc(-c2ccc3c(c2)sc2c(-c4ccccc4-c4ccc5c(c4)C4(c6ccccc6Oc6ccccc64)c4cc6ccccc6cc4-5)nc(-c4ccccc4)nc23)cc1. The van der Waals surface area contributed by atoms with Gasteiger partial charge < -0.3 is 4.74 Å². The number of fused-ring (bicyclic) bond motifs is 13. The number of ether oxygens (including phenoxy) is 1. The molecule has 0 saturated carbocycles. The molecule has 1 spiro atoms. The first-order chi connectivity index (χ1) is 30.2. The Morgan fingerprint density at radius 2 is 1.00 bits per heavy atom. The van der Waals surface area contributed by atoms with Gasteiger partial charge in [-0.25, -0.2) is 9.97 Å². The maximum atomic E-state index is 6.71. The second kappa shape index (κ2) is 13.2. The van der Waals surface area contributed by atoms with Gasteiger partial charge in [0, 0.05) is 32.3 Å². The molecule has 0 fully saturated rings. The van der Waals surface area contributed by atoms with Crippen LogP contribution in [0.5, 0.6) is 11.5 Å². The topological polar surface area (TPSA) is 35.0 Å². The van der Waals surface area contributed by atoms with Crippen molar-refractivity contribution in [2.75, 3.05) is 0 Å². The molecule has 3 nitrogen and oxygen atoms in total. The third kappa shape index (κ3) is 5.03. The van der Waals surface area contributed by atoms with Crippen molar-refractivity contribution < 1.29 is 4.74 Å². The maximum absolute atomic E-state index is 6.71. The molecule has 2 aromatic heterocycles. The van der Waals surface area contributed by atoms with Crippen molar-refractivity contribution >= 4 is 42.4 Å². The van der Waals surface area contributed by atoms with Crippen LogP contribution < -0.4 is 4.74 Å². The number of hydrogen-bond donors (Lipinski definition) is 0. The summed E-state index contributed by atoms with van der Waals surface area (Å²) >= 11 is 1.78. The maximum Gasteiger partial charge on any atom is 0.160 e. The molecule has 0 amide bonds. The van der Waals surface area contributed by atoms with Crippen molar-refractivity contribution in [2.45, 2.75) is 5.41 Å². The highest BCUT2D eigenvalue weighted by molar-refractivity contribution is 7.26. The van der Waals surface area contributed by atoms with Gasteiger partial charge in [-0.2, -0.15) is 0 Å². The van der Waals surface area contributed by atoms with Gasteiger partial charge in [0.2, 0.25) is 0 Å². The van der Waals surface area contributed by atoms with Gasteiger partial charge in [-0.1, -0.05) is 170 Å². The summed E-state index contributed by atoms with van der Waals surface area (Å²) in [6.45, 7) is 0. The van der Waals surface area contributed by atoms with Gasteiger partial charge in [0.05, 0.1) is 21.3 Å². The molecular formula is C57H34N2OS. The highest BCUT2D eigenvalue weighted by Crippen LogP contribution is 2.63.